The highest BCUT2D eigenvalue weighted by Gasteiger charge is 2.19. The first kappa shape index (κ1) is 23.5. The molecule has 0 N–H and O–H groups in total. The van der Waals surface area contributed by atoms with Gasteiger partial charge in [0.25, 0.3) is 0 Å². The topological polar surface area (TPSA) is 48.5 Å². The van der Waals surface area contributed by atoms with E-state index in [1.54, 1.807) is 11.8 Å². The van der Waals surface area contributed by atoms with Crippen molar-refractivity contribution in [1.29, 1.82) is 0 Å². The fourth-order valence-electron chi connectivity index (χ4n) is 4.49. The monoisotopic (exact) mass is 521 g/mol. The van der Waals surface area contributed by atoms with Gasteiger partial charge in [0.05, 0.1) is 21.8 Å². The summed E-state index contributed by atoms with van der Waals surface area (Å²) in [6.45, 7) is 0.858. The van der Waals surface area contributed by atoms with Gasteiger partial charge in [-0.25, -0.2) is 4.98 Å². The van der Waals surface area contributed by atoms with Gasteiger partial charge in [-0.1, -0.05) is 96.2 Å². The van der Waals surface area contributed by atoms with Gasteiger partial charge in [-0.3, -0.25) is 4.57 Å². The molecule has 0 spiro atoms. The van der Waals surface area contributed by atoms with E-state index in [-0.39, 0.29) is 0 Å². The maximum atomic E-state index is 6.55. The van der Waals surface area contributed by atoms with Gasteiger partial charge in [-0.15, -0.1) is 10.2 Å². The first-order chi connectivity index (χ1) is 18.3. The number of aryl methyl sites for hydroxylation is 2. The summed E-state index contributed by atoms with van der Waals surface area (Å²) < 4.78 is 4.40. The van der Waals surface area contributed by atoms with Gasteiger partial charge in [0.1, 0.15) is 5.82 Å². The summed E-state index contributed by atoms with van der Waals surface area (Å²) >= 11 is 8.18. The van der Waals surface area contributed by atoms with Gasteiger partial charge in [0.15, 0.2) is 11.0 Å². The molecule has 0 unspecified atom stereocenters. The lowest BCUT2D eigenvalue weighted by Gasteiger charge is -2.12. The number of thioether (sulfide) groups is 1. The molecule has 5 nitrogen and oxygen atoms in total. The molecule has 0 amide bonds. The average Bonchev–Trinajstić information content (AvgIpc) is 3.53. The molecule has 7 heteroatoms. The maximum absolute atomic E-state index is 6.55. The van der Waals surface area contributed by atoms with E-state index in [0.29, 0.717) is 10.8 Å². The maximum Gasteiger partial charge on any atom is 0.196 e. The number of para-hydroxylation sites is 3. The summed E-state index contributed by atoms with van der Waals surface area (Å²) in [4.78, 5) is 4.99. The van der Waals surface area contributed by atoms with Crippen LogP contribution in [0.25, 0.3) is 28.1 Å². The van der Waals surface area contributed by atoms with Crippen LogP contribution in [0.5, 0.6) is 0 Å². The lowest BCUT2D eigenvalue weighted by Crippen LogP contribution is -2.06. The van der Waals surface area contributed by atoms with E-state index >= 15 is 0 Å². The zero-order valence-electron chi connectivity index (χ0n) is 20.0. The van der Waals surface area contributed by atoms with E-state index in [1.807, 2.05) is 48.5 Å². The van der Waals surface area contributed by atoms with Crippen LogP contribution in [-0.4, -0.2) is 24.3 Å². The summed E-state index contributed by atoms with van der Waals surface area (Å²) in [5.41, 5.74) is 5.31. The Balaban J connectivity index is 1.35. The van der Waals surface area contributed by atoms with Crippen LogP contribution in [0.15, 0.2) is 114 Å². The molecular weight excluding hydrogens is 498 g/mol. The van der Waals surface area contributed by atoms with E-state index in [1.165, 1.54) is 5.56 Å². The van der Waals surface area contributed by atoms with Crippen LogP contribution in [0.1, 0.15) is 11.4 Å². The van der Waals surface area contributed by atoms with Crippen LogP contribution < -0.4 is 0 Å². The van der Waals surface area contributed by atoms with Gasteiger partial charge in [-0.2, -0.15) is 0 Å². The molecule has 37 heavy (non-hydrogen) atoms. The Morgan fingerprint density at radius 1 is 0.730 bits per heavy atom. The molecular formula is C30H24ClN5S. The standard InChI is InChI=1S/C30H24ClN5S/c31-25-16-8-7-15-24(25)29-33-34-30(36(29)23-13-5-2-6-14-23)37-21-28-32-26-17-9-10-18-27(26)35(28)20-19-22-11-3-1-4-12-22/h1-18H,19-21H2. The molecule has 0 bridgehead atoms. The molecule has 0 aliphatic rings. The van der Waals surface area contributed by atoms with E-state index in [9.17, 15) is 0 Å². The molecule has 6 rings (SSSR count). The van der Waals surface area contributed by atoms with Crippen molar-refractivity contribution in [3.8, 4) is 17.1 Å². The van der Waals surface area contributed by atoms with Crippen molar-refractivity contribution < 1.29 is 0 Å². The molecule has 182 valence electrons. The number of hydrogen-bond donors (Lipinski definition) is 0. The molecule has 0 fully saturated rings. The average molecular weight is 522 g/mol. The van der Waals surface area contributed by atoms with Crippen LogP contribution in [0, 0.1) is 0 Å². The van der Waals surface area contributed by atoms with Crippen molar-refractivity contribution in [2.45, 2.75) is 23.9 Å². The minimum Gasteiger partial charge on any atom is -0.327 e. The second kappa shape index (κ2) is 10.6. The predicted molar refractivity (Wildman–Crippen MR) is 151 cm³/mol. The third-order valence-corrected chi connectivity index (χ3v) is 7.55. The van der Waals surface area contributed by atoms with Crippen molar-refractivity contribution in [3.05, 3.63) is 126 Å². The van der Waals surface area contributed by atoms with Crippen LogP contribution in [-0.2, 0) is 18.7 Å². The van der Waals surface area contributed by atoms with Gasteiger partial charge >= 0.3 is 0 Å². The Kier molecular flexibility index (Phi) is 6.76. The Bertz CT molecular complexity index is 1640. The van der Waals surface area contributed by atoms with Crippen LogP contribution in [0.3, 0.4) is 0 Å². The number of nitrogens with zero attached hydrogens (tertiary/aromatic N) is 5. The molecule has 0 saturated heterocycles. The van der Waals surface area contributed by atoms with Gasteiger partial charge in [-0.05, 0) is 48.4 Å². The number of imidazole rings is 1. The zero-order chi connectivity index (χ0) is 25.0. The lowest BCUT2D eigenvalue weighted by molar-refractivity contribution is 0.688. The van der Waals surface area contributed by atoms with Gasteiger partial charge in [0, 0.05) is 17.8 Å². The number of rotatable bonds is 8. The SMILES string of the molecule is Clc1ccccc1-c1nnc(SCc2nc3ccccc3n2CCc2ccccc2)n1-c1ccccc1. The Morgan fingerprint density at radius 3 is 2.24 bits per heavy atom. The number of aromatic nitrogens is 5. The lowest BCUT2D eigenvalue weighted by atomic mass is 10.1. The normalized spacial score (nSPS) is 11.3. The number of fused-ring (bicyclic) bond motifs is 1. The van der Waals surface area contributed by atoms with Crippen molar-refractivity contribution in [1.82, 2.24) is 24.3 Å². The summed E-state index contributed by atoms with van der Waals surface area (Å²) in [6, 6.07) is 36.8. The number of halogens is 1. The molecule has 0 aliphatic heterocycles. The van der Waals surface area contributed by atoms with Crippen LogP contribution in [0.2, 0.25) is 5.02 Å². The Hall–Kier alpha value is -3.87. The second-order valence-corrected chi connectivity index (χ2v) is 10.00. The molecule has 2 heterocycles. The van der Waals surface area contributed by atoms with E-state index in [0.717, 1.165) is 52.1 Å². The second-order valence-electron chi connectivity index (χ2n) is 8.65. The quantitative estimate of drug-likeness (QED) is 0.195. The molecule has 0 atom stereocenters. The minimum absolute atomic E-state index is 0.645. The molecule has 6 aromatic rings. The third kappa shape index (κ3) is 4.90. The van der Waals surface area contributed by atoms with E-state index in [2.05, 4.69) is 80.0 Å². The predicted octanol–water partition coefficient (Wildman–Crippen LogP) is 7.47. The minimum atomic E-state index is 0.645. The molecule has 2 aromatic heterocycles. The van der Waals surface area contributed by atoms with Crippen molar-refractivity contribution in [2.75, 3.05) is 0 Å². The van der Waals surface area contributed by atoms with Crippen molar-refractivity contribution >= 4 is 34.4 Å². The van der Waals surface area contributed by atoms with Crippen molar-refractivity contribution in [2.24, 2.45) is 0 Å². The van der Waals surface area contributed by atoms with Crippen LogP contribution >= 0.6 is 23.4 Å². The fourth-order valence-corrected chi connectivity index (χ4v) is 5.61. The first-order valence-electron chi connectivity index (χ1n) is 12.1. The van der Waals surface area contributed by atoms with Crippen molar-refractivity contribution in [3.63, 3.8) is 0 Å². The van der Waals surface area contributed by atoms with Gasteiger partial charge in [0.2, 0.25) is 0 Å². The highest BCUT2D eigenvalue weighted by atomic mass is 35.5. The highest BCUT2D eigenvalue weighted by Crippen LogP contribution is 2.33. The molecule has 4 aromatic carbocycles. The zero-order valence-corrected chi connectivity index (χ0v) is 21.6. The highest BCUT2D eigenvalue weighted by molar-refractivity contribution is 7.98. The molecule has 0 aliphatic carbocycles. The van der Waals surface area contributed by atoms with E-state index in [4.69, 9.17) is 16.6 Å². The summed E-state index contributed by atoms with van der Waals surface area (Å²) in [7, 11) is 0. The third-order valence-electron chi connectivity index (χ3n) is 6.29. The largest absolute Gasteiger partial charge is 0.327 e. The molecule has 0 saturated carbocycles. The van der Waals surface area contributed by atoms with E-state index < -0.39 is 0 Å². The summed E-state index contributed by atoms with van der Waals surface area (Å²) in [5.74, 6) is 2.40. The smallest absolute Gasteiger partial charge is 0.196 e. The fraction of sp³-hybridized carbons (Fsp3) is 0.100. The Morgan fingerprint density at radius 2 is 1.43 bits per heavy atom. The first-order valence-corrected chi connectivity index (χ1v) is 13.5. The van der Waals surface area contributed by atoms with Crippen LogP contribution in [0.4, 0.5) is 0 Å². The molecule has 0 radical (unpaired) electrons. The summed E-state index contributed by atoms with van der Waals surface area (Å²) in [5, 5.41) is 10.6. The number of hydrogen-bond acceptors (Lipinski definition) is 4. The number of benzene rings is 4. The van der Waals surface area contributed by atoms with Gasteiger partial charge < -0.3 is 4.57 Å². The Labute approximate surface area is 224 Å². The summed E-state index contributed by atoms with van der Waals surface area (Å²) in [6.07, 6.45) is 0.940.